The molecular weight excluding hydrogens is 501 g/mol. The Morgan fingerprint density at radius 2 is 1.63 bits per heavy atom. The van der Waals surface area contributed by atoms with Crippen molar-refractivity contribution in [2.45, 2.75) is 43.0 Å². The lowest BCUT2D eigenvalue weighted by molar-refractivity contribution is -0.0436. The minimum absolute atomic E-state index is 0.00820. The Kier molecular flexibility index (Phi) is 7.24. The number of anilines is 1. The topological polar surface area (TPSA) is 96.4 Å². The number of carbonyl (C=O) groups is 1. The van der Waals surface area contributed by atoms with Crippen LogP contribution in [-0.4, -0.2) is 36.2 Å². The number of carbonyl (C=O) groups excluding carboxylic acids is 1. The van der Waals surface area contributed by atoms with Crippen molar-refractivity contribution in [2.75, 3.05) is 11.6 Å². The van der Waals surface area contributed by atoms with E-state index in [-0.39, 0.29) is 22.6 Å². The molecule has 3 aromatic rings. The van der Waals surface area contributed by atoms with Crippen molar-refractivity contribution < 1.29 is 31.5 Å². The van der Waals surface area contributed by atoms with Gasteiger partial charge in [-0.3, -0.25) is 9.78 Å². The molecule has 0 fully saturated rings. The van der Waals surface area contributed by atoms with E-state index in [0.29, 0.717) is 11.1 Å². The molecule has 1 heterocycles. The lowest BCUT2D eigenvalue weighted by Crippen LogP contribution is -2.23. The van der Waals surface area contributed by atoms with Crippen molar-refractivity contribution in [3.63, 3.8) is 0 Å². The molecule has 2 N–H and O–H groups in total. The van der Waals surface area contributed by atoms with E-state index in [0.717, 1.165) is 39.8 Å². The molecule has 0 saturated heterocycles. The zero-order valence-electron chi connectivity index (χ0n) is 19.5. The number of pyridine rings is 1. The number of alkyl halides is 3. The standard InChI is InChI=1S/C24H23F3N2O4S2/c1-12-8-16(35(32,33)24(25,26)27)6-7-18(12)29-23(31)21-15(4)19(34-5)9-17(22(21)30)20-13(2)10-28-11-14(20)3/h6-11,30H,1-5H3,(H,29,31). The third-order valence-electron chi connectivity index (χ3n) is 5.61. The maximum atomic E-state index is 13.3. The van der Waals surface area contributed by atoms with Gasteiger partial charge in [-0.1, -0.05) is 0 Å². The van der Waals surface area contributed by atoms with Gasteiger partial charge in [-0.2, -0.15) is 13.2 Å². The third kappa shape index (κ3) is 4.87. The van der Waals surface area contributed by atoms with Crippen LogP contribution in [0.4, 0.5) is 18.9 Å². The fraction of sp³-hybridized carbons (Fsp3) is 0.250. The van der Waals surface area contributed by atoms with E-state index in [1.165, 1.54) is 18.7 Å². The van der Waals surface area contributed by atoms with Crippen LogP contribution in [0.15, 0.2) is 46.5 Å². The fourth-order valence-corrected chi connectivity index (χ4v) is 5.30. The highest BCUT2D eigenvalue weighted by Gasteiger charge is 2.47. The Labute approximate surface area is 205 Å². The minimum atomic E-state index is -5.52. The average Bonchev–Trinajstić information content (AvgIpc) is 2.75. The lowest BCUT2D eigenvalue weighted by atomic mass is 9.93. The second kappa shape index (κ2) is 9.54. The van der Waals surface area contributed by atoms with E-state index in [9.17, 15) is 31.5 Å². The summed E-state index contributed by atoms with van der Waals surface area (Å²) in [5.74, 6) is -0.930. The average molecular weight is 525 g/mol. The molecule has 0 aliphatic rings. The number of phenols is 1. The maximum absolute atomic E-state index is 13.3. The number of hydrogen-bond acceptors (Lipinski definition) is 6. The summed E-state index contributed by atoms with van der Waals surface area (Å²) in [6.07, 6.45) is 5.14. The number of aromatic nitrogens is 1. The molecule has 0 saturated carbocycles. The van der Waals surface area contributed by atoms with E-state index in [4.69, 9.17) is 0 Å². The van der Waals surface area contributed by atoms with Crippen molar-refractivity contribution in [3.8, 4) is 16.9 Å². The summed E-state index contributed by atoms with van der Waals surface area (Å²) in [5, 5.41) is 13.7. The number of aryl methyl sites for hydroxylation is 3. The predicted molar refractivity (Wildman–Crippen MR) is 130 cm³/mol. The van der Waals surface area contributed by atoms with Gasteiger partial charge in [-0.25, -0.2) is 8.42 Å². The first kappa shape index (κ1) is 26.6. The van der Waals surface area contributed by atoms with Crippen LogP contribution >= 0.6 is 11.8 Å². The van der Waals surface area contributed by atoms with Gasteiger partial charge in [-0.05, 0) is 86.0 Å². The summed E-state index contributed by atoms with van der Waals surface area (Å²) in [6, 6.07) is 4.52. The Balaban J connectivity index is 2.09. The third-order valence-corrected chi connectivity index (χ3v) is 7.96. The van der Waals surface area contributed by atoms with Gasteiger partial charge in [0.25, 0.3) is 15.7 Å². The number of thioether (sulfide) groups is 1. The van der Waals surface area contributed by atoms with Crippen LogP contribution in [0.3, 0.4) is 0 Å². The number of nitrogens with zero attached hydrogens (tertiary/aromatic N) is 1. The van der Waals surface area contributed by atoms with Gasteiger partial charge in [0, 0.05) is 28.5 Å². The molecule has 0 aliphatic heterocycles. The normalized spacial score (nSPS) is 12.0. The number of benzene rings is 2. The van der Waals surface area contributed by atoms with Gasteiger partial charge in [0.1, 0.15) is 5.75 Å². The smallest absolute Gasteiger partial charge is 0.501 e. The number of amides is 1. The zero-order chi connectivity index (χ0) is 26.3. The Morgan fingerprint density at radius 1 is 1.03 bits per heavy atom. The molecule has 3 rings (SSSR count). The Hall–Kier alpha value is -3.05. The van der Waals surface area contributed by atoms with Crippen molar-refractivity contribution in [1.82, 2.24) is 4.98 Å². The molecule has 11 heteroatoms. The number of hydrogen-bond donors (Lipinski definition) is 2. The highest BCUT2D eigenvalue weighted by molar-refractivity contribution is 7.98. The maximum Gasteiger partial charge on any atom is 0.501 e. The summed E-state index contributed by atoms with van der Waals surface area (Å²) in [6.45, 7) is 6.74. The molecule has 0 spiro atoms. The molecule has 0 unspecified atom stereocenters. The van der Waals surface area contributed by atoms with E-state index in [2.05, 4.69) is 10.3 Å². The summed E-state index contributed by atoms with van der Waals surface area (Å²) < 4.78 is 62.1. The summed E-state index contributed by atoms with van der Waals surface area (Å²) in [4.78, 5) is 17.3. The number of sulfone groups is 1. The van der Waals surface area contributed by atoms with Crippen molar-refractivity contribution in [1.29, 1.82) is 0 Å². The van der Waals surface area contributed by atoms with Crippen LogP contribution < -0.4 is 5.32 Å². The Morgan fingerprint density at radius 3 is 2.14 bits per heavy atom. The second-order valence-corrected chi connectivity index (χ2v) is 10.8. The number of aromatic hydroxyl groups is 1. The van der Waals surface area contributed by atoms with Gasteiger partial charge in [-0.15, -0.1) is 11.8 Å². The number of halogens is 3. The molecule has 0 aliphatic carbocycles. The fourth-order valence-electron chi connectivity index (χ4n) is 3.81. The van der Waals surface area contributed by atoms with E-state index >= 15 is 0 Å². The molecule has 6 nitrogen and oxygen atoms in total. The first-order valence-electron chi connectivity index (χ1n) is 10.3. The first-order valence-corrected chi connectivity index (χ1v) is 13.0. The molecule has 1 amide bonds. The minimum Gasteiger partial charge on any atom is -0.506 e. The summed E-state index contributed by atoms with van der Waals surface area (Å²) >= 11 is 1.39. The highest BCUT2D eigenvalue weighted by Crippen LogP contribution is 2.41. The molecule has 2 aromatic carbocycles. The Bertz CT molecular complexity index is 1420. The highest BCUT2D eigenvalue weighted by atomic mass is 32.2. The second-order valence-electron chi connectivity index (χ2n) is 8.00. The predicted octanol–water partition coefficient (Wildman–Crippen LogP) is 5.96. The van der Waals surface area contributed by atoms with Crippen LogP contribution in [0.1, 0.15) is 32.6 Å². The molecular formula is C24H23F3N2O4S2. The molecule has 0 bridgehead atoms. The summed E-state index contributed by atoms with van der Waals surface area (Å²) in [7, 11) is -5.52. The van der Waals surface area contributed by atoms with Crippen LogP contribution in [0.25, 0.3) is 11.1 Å². The van der Waals surface area contributed by atoms with Gasteiger partial charge < -0.3 is 10.4 Å². The van der Waals surface area contributed by atoms with Crippen molar-refractivity contribution in [3.05, 3.63) is 64.5 Å². The SMILES string of the molecule is CSc1cc(-c2c(C)cncc2C)c(O)c(C(=O)Nc2ccc(S(=O)(=O)C(F)(F)F)cc2C)c1C. The van der Waals surface area contributed by atoms with Crippen LogP contribution in [0, 0.1) is 27.7 Å². The van der Waals surface area contributed by atoms with Crippen LogP contribution in [-0.2, 0) is 9.84 Å². The number of rotatable bonds is 5. The molecule has 0 atom stereocenters. The molecule has 0 radical (unpaired) electrons. The van der Waals surface area contributed by atoms with E-state index in [1.807, 2.05) is 20.1 Å². The van der Waals surface area contributed by atoms with Gasteiger partial charge in [0.05, 0.1) is 10.5 Å². The first-order chi connectivity index (χ1) is 16.2. The van der Waals surface area contributed by atoms with Gasteiger partial charge >= 0.3 is 5.51 Å². The lowest BCUT2D eigenvalue weighted by Gasteiger charge is -2.19. The van der Waals surface area contributed by atoms with Crippen molar-refractivity contribution >= 4 is 33.2 Å². The number of nitrogens with one attached hydrogen (secondary N) is 1. The van der Waals surface area contributed by atoms with Crippen molar-refractivity contribution in [2.24, 2.45) is 0 Å². The molecule has 35 heavy (non-hydrogen) atoms. The summed E-state index contributed by atoms with van der Waals surface area (Å²) in [5.41, 5.74) is -1.88. The quantitative estimate of drug-likeness (QED) is 0.400. The monoisotopic (exact) mass is 524 g/mol. The number of phenolic OH excluding ortho intramolecular Hbond substituents is 1. The molecule has 186 valence electrons. The van der Waals surface area contributed by atoms with Gasteiger partial charge in [0.2, 0.25) is 0 Å². The van der Waals surface area contributed by atoms with Gasteiger partial charge in [0.15, 0.2) is 0 Å². The van der Waals surface area contributed by atoms with Crippen LogP contribution in [0.2, 0.25) is 0 Å². The molecule has 1 aromatic heterocycles. The van der Waals surface area contributed by atoms with E-state index < -0.39 is 26.1 Å². The largest absolute Gasteiger partial charge is 0.506 e. The van der Waals surface area contributed by atoms with E-state index in [1.54, 1.807) is 25.4 Å². The van der Waals surface area contributed by atoms with Crippen LogP contribution in [0.5, 0.6) is 5.75 Å². The zero-order valence-corrected chi connectivity index (χ0v) is 21.2.